The van der Waals surface area contributed by atoms with E-state index in [1.165, 1.54) is 0 Å². The van der Waals surface area contributed by atoms with Crippen LogP contribution in [0.3, 0.4) is 0 Å². The molecule has 0 spiro atoms. The summed E-state index contributed by atoms with van der Waals surface area (Å²) in [7, 11) is 0. The van der Waals surface area contributed by atoms with Gasteiger partial charge in [-0.25, -0.2) is 4.79 Å². The number of nitrogens with zero attached hydrogens (tertiary/aromatic N) is 2. The van der Waals surface area contributed by atoms with Crippen LogP contribution in [0.25, 0.3) is 11.0 Å². The highest BCUT2D eigenvalue weighted by Gasteiger charge is 2.25. The van der Waals surface area contributed by atoms with E-state index in [0.29, 0.717) is 18.7 Å². The van der Waals surface area contributed by atoms with Gasteiger partial charge in [-0.2, -0.15) is 0 Å². The Morgan fingerprint density at radius 3 is 2.42 bits per heavy atom. The lowest BCUT2D eigenvalue weighted by Crippen LogP contribution is -2.49. The molecular formula is C21H20N2O3. The number of hydrogen-bond acceptors (Lipinski definition) is 4. The van der Waals surface area contributed by atoms with Crippen molar-refractivity contribution < 1.29 is 9.21 Å². The highest BCUT2D eigenvalue weighted by Crippen LogP contribution is 2.19. The van der Waals surface area contributed by atoms with Crippen molar-refractivity contribution in [2.45, 2.75) is 6.92 Å². The zero-order valence-corrected chi connectivity index (χ0v) is 14.6. The lowest BCUT2D eigenvalue weighted by molar-refractivity contribution is 0.0742. The Morgan fingerprint density at radius 2 is 1.69 bits per heavy atom. The topological polar surface area (TPSA) is 53.8 Å². The highest BCUT2D eigenvalue weighted by atomic mass is 16.4. The van der Waals surface area contributed by atoms with Gasteiger partial charge in [0.05, 0.1) is 0 Å². The second-order valence-electron chi connectivity index (χ2n) is 6.56. The van der Waals surface area contributed by atoms with Crippen LogP contribution in [0.1, 0.15) is 15.9 Å². The van der Waals surface area contributed by atoms with Crippen molar-refractivity contribution in [1.29, 1.82) is 0 Å². The summed E-state index contributed by atoms with van der Waals surface area (Å²) in [4.78, 5) is 29.1. The number of carbonyl (C=O) groups is 1. The van der Waals surface area contributed by atoms with Crippen molar-refractivity contribution in [2.24, 2.45) is 0 Å². The summed E-state index contributed by atoms with van der Waals surface area (Å²) in [5, 5.41) is 0.774. The minimum absolute atomic E-state index is 0.108. The third-order valence-corrected chi connectivity index (χ3v) is 4.88. The number of anilines is 1. The van der Waals surface area contributed by atoms with E-state index in [2.05, 4.69) is 17.0 Å². The maximum atomic E-state index is 12.8. The average Bonchev–Trinajstić information content (AvgIpc) is 2.69. The Kier molecular flexibility index (Phi) is 4.21. The number of rotatable bonds is 2. The van der Waals surface area contributed by atoms with Crippen molar-refractivity contribution in [2.75, 3.05) is 31.1 Å². The predicted octanol–water partition coefficient (Wildman–Crippen LogP) is 3.06. The van der Waals surface area contributed by atoms with Crippen LogP contribution in [0.5, 0.6) is 0 Å². The van der Waals surface area contributed by atoms with E-state index in [0.717, 1.165) is 29.7 Å². The fourth-order valence-electron chi connectivity index (χ4n) is 3.42. The number of piperazine rings is 1. The molecule has 1 aliphatic heterocycles. The molecule has 2 heterocycles. The predicted molar refractivity (Wildman–Crippen MR) is 102 cm³/mol. The van der Waals surface area contributed by atoms with Gasteiger partial charge in [-0.05, 0) is 30.7 Å². The summed E-state index contributed by atoms with van der Waals surface area (Å²) in [5.41, 5.74) is 2.12. The Bertz CT molecular complexity index is 1000. The molecule has 0 unspecified atom stereocenters. The molecule has 5 nitrogen and oxygen atoms in total. The van der Waals surface area contributed by atoms with Gasteiger partial charge in [-0.1, -0.05) is 36.4 Å². The first-order valence-electron chi connectivity index (χ1n) is 8.76. The molecule has 1 aliphatic rings. The van der Waals surface area contributed by atoms with Gasteiger partial charge in [0.1, 0.15) is 11.1 Å². The van der Waals surface area contributed by atoms with Gasteiger partial charge in [-0.3, -0.25) is 4.79 Å². The SMILES string of the molecule is Cc1cccc2cc(C(=O)N3CCN(c4ccccc4)CC3)c(=O)oc12. The van der Waals surface area contributed by atoms with Crippen molar-refractivity contribution >= 4 is 22.6 Å². The lowest BCUT2D eigenvalue weighted by Gasteiger charge is -2.36. The van der Waals surface area contributed by atoms with E-state index in [1.54, 1.807) is 11.0 Å². The second-order valence-corrected chi connectivity index (χ2v) is 6.56. The number of carbonyl (C=O) groups excluding carboxylic acids is 1. The van der Waals surface area contributed by atoms with Gasteiger partial charge in [-0.15, -0.1) is 0 Å². The van der Waals surface area contributed by atoms with E-state index in [4.69, 9.17) is 4.42 Å². The first kappa shape index (κ1) is 16.4. The van der Waals surface area contributed by atoms with Crippen molar-refractivity contribution in [3.05, 3.63) is 76.1 Å². The Hall–Kier alpha value is -3.08. The molecule has 0 atom stereocenters. The first-order valence-corrected chi connectivity index (χ1v) is 8.76. The molecule has 0 radical (unpaired) electrons. The fraction of sp³-hybridized carbons (Fsp3) is 0.238. The molecular weight excluding hydrogens is 328 g/mol. The normalized spacial score (nSPS) is 14.7. The van der Waals surface area contributed by atoms with Crippen LogP contribution in [0, 0.1) is 6.92 Å². The Morgan fingerprint density at radius 1 is 0.962 bits per heavy atom. The lowest BCUT2D eigenvalue weighted by atomic mass is 10.1. The number of hydrogen-bond donors (Lipinski definition) is 0. The van der Waals surface area contributed by atoms with Crippen LogP contribution >= 0.6 is 0 Å². The summed E-state index contributed by atoms with van der Waals surface area (Å²) in [6.45, 7) is 4.54. The van der Waals surface area contributed by atoms with Gasteiger partial charge >= 0.3 is 5.63 Å². The van der Waals surface area contributed by atoms with Crippen molar-refractivity contribution in [3.63, 3.8) is 0 Å². The Balaban J connectivity index is 1.55. The monoisotopic (exact) mass is 348 g/mol. The molecule has 5 heteroatoms. The van der Waals surface area contributed by atoms with Crippen molar-refractivity contribution in [3.8, 4) is 0 Å². The fourth-order valence-corrected chi connectivity index (χ4v) is 3.42. The van der Waals surface area contributed by atoms with Crippen LogP contribution in [0.2, 0.25) is 0 Å². The number of para-hydroxylation sites is 2. The third kappa shape index (κ3) is 2.96. The summed E-state index contributed by atoms with van der Waals surface area (Å²) < 4.78 is 5.41. The van der Waals surface area contributed by atoms with Gasteiger partial charge in [0.2, 0.25) is 0 Å². The molecule has 0 N–H and O–H groups in total. The van der Waals surface area contributed by atoms with Gasteiger partial charge in [0.25, 0.3) is 5.91 Å². The molecule has 1 aromatic heterocycles. The van der Waals surface area contributed by atoms with Crippen LogP contribution in [0.4, 0.5) is 5.69 Å². The quantitative estimate of drug-likeness (QED) is 0.668. The molecule has 1 fully saturated rings. The molecule has 132 valence electrons. The smallest absolute Gasteiger partial charge is 0.349 e. The molecule has 1 amide bonds. The maximum absolute atomic E-state index is 12.8. The minimum atomic E-state index is -0.567. The molecule has 3 aromatic rings. The maximum Gasteiger partial charge on any atom is 0.349 e. The molecule has 26 heavy (non-hydrogen) atoms. The molecule has 4 rings (SSSR count). The molecule has 1 saturated heterocycles. The number of benzene rings is 2. The van der Waals surface area contributed by atoms with E-state index < -0.39 is 5.63 Å². The molecule has 0 bridgehead atoms. The average molecular weight is 348 g/mol. The van der Waals surface area contributed by atoms with Crippen LogP contribution in [-0.2, 0) is 0 Å². The van der Waals surface area contributed by atoms with Gasteiger partial charge in [0.15, 0.2) is 0 Å². The van der Waals surface area contributed by atoms with E-state index in [9.17, 15) is 9.59 Å². The third-order valence-electron chi connectivity index (χ3n) is 4.88. The number of amides is 1. The summed E-state index contributed by atoms with van der Waals surface area (Å²) in [6, 6.07) is 17.4. The zero-order chi connectivity index (χ0) is 18.1. The van der Waals surface area contributed by atoms with Crippen LogP contribution < -0.4 is 10.5 Å². The Labute approximate surface area is 151 Å². The van der Waals surface area contributed by atoms with E-state index in [-0.39, 0.29) is 11.5 Å². The van der Waals surface area contributed by atoms with Crippen LogP contribution in [-0.4, -0.2) is 37.0 Å². The molecule has 2 aromatic carbocycles. The summed E-state index contributed by atoms with van der Waals surface area (Å²) >= 11 is 0. The molecule has 0 aliphatic carbocycles. The number of fused-ring (bicyclic) bond motifs is 1. The second kappa shape index (κ2) is 6.67. The minimum Gasteiger partial charge on any atom is -0.422 e. The summed E-state index contributed by atoms with van der Waals surface area (Å²) in [6.07, 6.45) is 0. The number of aryl methyl sites for hydroxylation is 1. The van der Waals surface area contributed by atoms with Gasteiger partial charge in [0, 0.05) is 37.3 Å². The van der Waals surface area contributed by atoms with Gasteiger partial charge < -0.3 is 14.2 Å². The largest absolute Gasteiger partial charge is 0.422 e. The van der Waals surface area contributed by atoms with Crippen molar-refractivity contribution in [1.82, 2.24) is 4.90 Å². The highest BCUT2D eigenvalue weighted by molar-refractivity contribution is 5.97. The van der Waals surface area contributed by atoms with E-state index in [1.807, 2.05) is 43.3 Å². The van der Waals surface area contributed by atoms with E-state index >= 15 is 0 Å². The zero-order valence-electron chi connectivity index (χ0n) is 14.6. The van der Waals surface area contributed by atoms with Crippen LogP contribution in [0.15, 0.2) is 63.8 Å². The summed E-state index contributed by atoms with van der Waals surface area (Å²) in [5.74, 6) is -0.255. The molecule has 0 saturated carbocycles. The first-order chi connectivity index (χ1) is 12.6. The standard InChI is InChI=1S/C21H20N2O3/c1-15-6-5-7-16-14-18(21(25)26-19(15)16)20(24)23-12-10-22(11-13-23)17-8-3-2-4-9-17/h2-9,14H,10-13H2,1H3.